The Morgan fingerprint density at radius 2 is 2.00 bits per heavy atom. The van der Waals surface area contributed by atoms with Gasteiger partial charge in [-0.05, 0) is 37.1 Å². The summed E-state index contributed by atoms with van der Waals surface area (Å²) < 4.78 is 0. The fourth-order valence-electron chi connectivity index (χ4n) is 1.48. The molecule has 90 valence electrons. The standard InChI is InChI=1S/C12H16N4O/c1-16(12(17)15-9-4-5-9)10-6-2-8(3-7-10)11(13)14/h2-3,6-7,9H,4-5H2,1H3,(H3,13,14)(H,15,17). The Hall–Kier alpha value is -2.04. The molecule has 0 radical (unpaired) electrons. The highest BCUT2D eigenvalue weighted by Crippen LogP contribution is 2.20. The molecule has 1 fully saturated rings. The summed E-state index contributed by atoms with van der Waals surface area (Å²) in [6.45, 7) is 0. The number of carbonyl (C=O) groups is 1. The first-order valence-corrected chi connectivity index (χ1v) is 5.56. The Bertz CT molecular complexity index is 436. The average molecular weight is 232 g/mol. The molecule has 0 atom stereocenters. The molecule has 1 aliphatic carbocycles. The fourth-order valence-corrected chi connectivity index (χ4v) is 1.48. The van der Waals surface area contributed by atoms with Crippen LogP contribution in [-0.4, -0.2) is 25.0 Å². The van der Waals surface area contributed by atoms with Gasteiger partial charge in [0.15, 0.2) is 0 Å². The Kier molecular flexibility index (Phi) is 2.99. The van der Waals surface area contributed by atoms with Crippen LogP contribution in [-0.2, 0) is 0 Å². The second-order valence-corrected chi connectivity index (χ2v) is 4.24. The molecule has 0 unspecified atom stereocenters. The second-order valence-electron chi connectivity index (χ2n) is 4.24. The molecule has 0 heterocycles. The smallest absolute Gasteiger partial charge is 0.321 e. The highest BCUT2D eigenvalue weighted by molar-refractivity contribution is 5.96. The number of amidine groups is 1. The summed E-state index contributed by atoms with van der Waals surface area (Å²) in [4.78, 5) is 13.3. The molecule has 0 saturated heterocycles. The zero-order valence-electron chi connectivity index (χ0n) is 9.73. The SMILES string of the molecule is CN(C(=O)NC1CC1)c1ccc(C(=N)N)cc1. The monoisotopic (exact) mass is 232 g/mol. The molecule has 2 rings (SSSR count). The molecular weight excluding hydrogens is 216 g/mol. The average Bonchev–Trinajstić information content (AvgIpc) is 3.12. The minimum atomic E-state index is -0.0944. The molecular formula is C12H16N4O. The first kappa shape index (κ1) is 11.4. The fraction of sp³-hybridized carbons (Fsp3) is 0.333. The molecule has 1 aromatic carbocycles. The summed E-state index contributed by atoms with van der Waals surface area (Å²) in [5.41, 5.74) is 6.81. The van der Waals surface area contributed by atoms with Gasteiger partial charge in [-0.15, -0.1) is 0 Å². The molecule has 4 N–H and O–H groups in total. The number of carbonyl (C=O) groups excluding carboxylic acids is 1. The number of urea groups is 1. The van der Waals surface area contributed by atoms with Crippen LogP contribution in [0.2, 0.25) is 0 Å². The Balaban J connectivity index is 2.04. The molecule has 17 heavy (non-hydrogen) atoms. The van der Waals surface area contributed by atoms with E-state index in [2.05, 4.69) is 5.32 Å². The van der Waals surface area contributed by atoms with Crippen LogP contribution in [0.3, 0.4) is 0 Å². The van der Waals surface area contributed by atoms with Crippen molar-refractivity contribution in [3.05, 3.63) is 29.8 Å². The molecule has 0 bridgehead atoms. The van der Waals surface area contributed by atoms with E-state index < -0.39 is 0 Å². The van der Waals surface area contributed by atoms with Crippen LogP contribution < -0.4 is 16.0 Å². The van der Waals surface area contributed by atoms with Gasteiger partial charge < -0.3 is 11.1 Å². The minimum absolute atomic E-state index is 0.0293. The van der Waals surface area contributed by atoms with Crippen LogP contribution in [0.15, 0.2) is 24.3 Å². The van der Waals surface area contributed by atoms with E-state index in [1.54, 1.807) is 36.2 Å². The Morgan fingerprint density at radius 3 is 2.47 bits per heavy atom. The lowest BCUT2D eigenvalue weighted by molar-refractivity contribution is 0.247. The van der Waals surface area contributed by atoms with E-state index >= 15 is 0 Å². The third-order valence-corrected chi connectivity index (χ3v) is 2.78. The molecule has 0 aromatic heterocycles. The van der Waals surface area contributed by atoms with Gasteiger partial charge in [0.25, 0.3) is 0 Å². The lowest BCUT2D eigenvalue weighted by Crippen LogP contribution is -2.38. The number of nitrogens with one attached hydrogen (secondary N) is 2. The molecule has 0 aliphatic heterocycles. The van der Waals surface area contributed by atoms with Crippen molar-refractivity contribution in [1.29, 1.82) is 5.41 Å². The topological polar surface area (TPSA) is 82.2 Å². The van der Waals surface area contributed by atoms with Crippen LogP contribution in [0.25, 0.3) is 0 Å². The number of hydrogen-bond donors (Lipinski definition) is 3. The quantitative estimate of drug-likeness (QED) is 0.542. The number of amides is 2. The van der Waals surface area contributed by atoms with E-state index in [0.717, 1.165) is 18.5 Å². The van der Waals surface area contributed by atoms with Gasteiger partial charge in [-0.1, -0.05) is 0 Å². The highest BCUT2D eigenvalue weighted by atomic mass is 16.2. The number of benzene rings is 1. The minimum Gasteiger partial charge on any atom is -0.384 e. The van der Waals surface area contributed by atoms with E-state index in [9.17, 15) is 4.79 Å². The summed E-state index contributed by atoms with van der Waals surface area (Å²) in [6, 6.07) is 7.29. The Labute approximate surface area is 100 Å². The van der Waals surface area contributed by atoms with E-state index in [1.165, 1.54) is 0 Å². The molecule has 1 saturated carbocycles. The number of hydrogen-bond acceptors (Lipinski definition) is 2. The van der Waals surface area contributed by atoms with Crippen molar-refractivity contribution in [2.75, 3.05) is 11.9 Å². The van der Waals surface area contributed by atoms with Crippen molar-refractivity contribution >= 4 is 17.6 Å². The maximum absolute atomic E-state index is 11.8. The zero-order valence-corrected chi connectivity index (χ0v) is 9.73. The van der Waals surface area contributed by atoms with Crippen molar-refractivity contribution in [2.45, 2.75) is 18.9 Å². The lowest BCUT2D eigenvalue weighted by Gasteiger charge is -2.18. The molecule has 2 amide bonds. The number of nitrogens with two attached hydrogens (primary N) is 1. The van der Waals surface area contributed by atoms with Gasteiger partial charge in [0.1, 0.15) is 5.84 Å². The molecule has 1 aliphatic rings. The summed E-state index contributed by atoms with van der Waals surface area (Å²) in [6.07, 6.45) is 2.14. The summed E-state index contributed by atoms with van der Waals surface area (Å²) in [7, 11) is 1.72. The largest absolute Gasteiger partial charge is 0.384 e. The normalized spacial score (nSPS) is 14.2. The van der Waals surface area contributed by atoms with Crippen molar-refractivity contribution in [1.82, 2.24) is 5.32 Å². The van der Waals surface area contributed by atoms with Crippen LogP contribution in [0.5, 0.6) is 0 Å². The maximum Gasteiger partial charge on any atom is 0.321 e. The summed E-state index contributed by atoms with van der Waals surface area (Å²) in [5.74, 6) is 0.0293. The van der Waals surface area contributed by atoms with Gasteiger partial charge in [-0.3, -0.25) is 10.3 Å². The lowest BCUT2D eigenvalue weighted by atomic mass is 10.2. The van der Waals surface area contributed by atoms with Crippen LogP contribution >= 0.6 is 0 Å². The van der Waals surface area contributed by atoms with Gasteiger partial charge >= 0.3 is 6.03 Å². The first-order valence-electron chi connectivity index (χ1n) is 5.56. The van der Waals surface area contributed by atoms with Crippen molar-refractivity contribution in [3.8, 4) is 0 Å². The molecule has 5 nitrogen and oxygen atoms in total. The van der Waals surface area contributed by atoms with Gasteiger partial charge in [0, 0.05) is 24.3 Å². The number of rotatable bonds is 3. The number of nitrogens with zero attached hydrogens (tertiary/aromatic N) is 1. The van der Waals surface area contributed by atoms with E-state index in [4.69, 9.17) is 11.1 Å². The summed E-state index contributed by atoms with van der Waals surface area (Å²) >= 11 is 0. The van der Waals surface area contributed by atoms with Crippen molar-refractivity contribution in [3.63, 3.8) is 0 Å². The van der Waals surface area contributed by atoms with Gasteiger partial charge in [-0.25, -0.2) is 4.79 Å². The second kappa shape index (κ2) is 4.45. The molecule has 5 heteroatoms. The number of anilines is 1. The van der Waals surface area contributed by atoms with E-state index in [-0.39, 0.29) is 11.9 Å². The zero-order chi connectivity index (χ0) is 12.4. The summed E-state index contributed by atoms with van der Waals surface area (Å²) in [5, 5.41) is 10.2. The van der Waals surface area contributed by atoms with Gasteiger partial charge in [-0.2, -0.15) is 0 Å². The van der Waals surface area contributed by atoms with Gasteiger partial charge in [0.2, 0.25) is 0 Å². The third kappa shape index (κ3) is 2.75. The number of nitrogen functional groups attached to an aromatic ring is 1. The highest BCUT2D eigenvalue weighted by Gasteiger charge is 2.25. The van der Waals surface area contributed by atoms with E-state index in [0.29, 0.717) is 11.6 Å². The predicted molar refractivity (Wildman–Crippen MR) is 67.4 cm³/mol. The third-order valence-electron chi connectivity index (χ3n) is 2.78. The van der Waals surface area contributed by atoms with Crippen molar-refractivity contribution in [2.24, 2.45) is 5.73 Å². The molecule has 1 aromatic rings. The van der Waals surface area contributed by atoms with Crippen LogP contribution in [0, 0.1) is 5.41 Å². The maximum atomic E-state index is 11.8. The van der Waals surface area contributed by atoms with Crippen molar-refractivity contribution < 1.29 is 4.79 Å². The van der Waals surface area contributed by atoms with Crippen LogP contribution in [0.4, 0.5) is 10.5 Å². The van der Waals surface area contributed by atoms with Crippen LogP contribution in [0.1, 0.15) is 18.4 Å². The predicted octanol–water partition coefficient (Wildman–Crippen LogP) is 1.28. The van der Waals surface area contributed by atoms with E-state index in [1.807, 2.05) is 0 Å². The first-order chi connectivity index (χ1) is 8.08. The van der Waals surface area contributed by atoms with Gasteiger partial charge in [0.05, 0.1) is 0 Å². The Morgan fingerprint density at radius 1 is 1.41 bits per heavy atom. The molecule has 0 spiro atoms.